The Bertz CT molecular complexity index is 1190. The highest BCUT2D eigenvalue weighted by Gasteiger charge is 2.27. The molecule has 6 heteroatoms. The number of hydrogen-bond donors (Lipinski definition) is 0. The zero-order valence-corrected chi connectivity index (χ0v) is 22.4. The molecule has 1 aromatic heterocycles. The zero-order valence-electron chi connectivity index (χ0n) is 21.6. The van der Waals surface area contributed by atoms with Crippen LogP contribution in [0.25, 0.3) is 10.1 Å². The van der Waals surface area contributed by atoms with Crippen molar-refractivity contribution in [3.05, 3.63) is 58.5 Å². The molecule has 0 aliphatic carbocycles. The molecule has 2 aliphatic heterocycles. The first-order valence-electron chi connectivity index (χ1n) is 13.3. The summed E-state index contributed by atoms with van der Waals surface area (Å²) in [7, 11) is 3.31. The SMILES string of the molecule is COc1cc2c(cc1OC)CC(=O)N(CC1CCCN(CCCCc3csc4ccccc34)C1)CC2. The van der Waals surface area contributed by atoms with E-state index in [0.717, 1.165) is 43.9 Å². The van der Waals surface area contributed by atoms with Crippen LogP contribution < -0.4 is 9.47 Å². The topological polar surface area (TPSA) is 42.0 Å². The number of nitrogens with zero attached hydrogens (tertiary/aromatic N) is 2. The minimum Gasteiger partial charge on any atom is -0.493 e. The van der Waals surface area contributed by atoms with Gasteiger partial charge in [-0.3, -0.25) is 4.79 Å². The van der Waals surface area contributed by atoms with Gasteiger partial charge >= 0.3 is 0 Å². The van der Waals surface area contributed by atoms with Crippen LogP contribution in [0.5, 0.6) is 11.5 Å². The Balaban J connectivity index is 1.11. The fourth-order valence-corrected chi connectivity index (χ4v) is 6.90. The summed E-state index contributed by atoms with van der Waals surface area (Å²) in [6, 6.07) is 12.8. The molecule has 5 rings (SSSR count). The van der Waals surface area contributed by atoms with Gasteiger partial charge in [-0.05, 0) is 103 Å². The Kier molecular flexibility index (Phi) is 8.12. The average molecular weight is 507 g/mol. The Morgan fingerprint density at radius 1 is 1.03 bits per heavy atom. The largest absolute Gasteiger partial charge is 0.493 e. The fourth-order valence-electron chi connectivity index (χ4n) is 5.90. The number of thiophene rings is 1. The van der Waals surface area contributed by atoms with E-state index in [2.05, 4.69) is 39.4 Å². The monoisotopic (exact) mass is 506 g/mol. The second-order valence-corrected chi connectivity index (χ2v) is 11.2. The number of carbonyl (C=O) groups is 1. The van der Waals surface area contributed by atoms with Crippen molar-refractivity contribution in [2.45, 2.75) is 44.9 Å². The number of amides is 1. The van der Waals surface area contributed by atoms with E-state index >= 15 is 0 Å². The summed E-state index contributed by atoms with van der Waals surface area (Å²) in [6.45, 7) is 5.12. The molecule has 2 aromatic carbocycles. The van der Waals surface area contributed by atoms with Crippen LogP contribution in [0.4, 0.5) is 0 Å². The molecule has 3 heterocycles. The first-order valence-corrected chi connectivity index (χ1v) is 14.2. The summed E-state index contributed by atoms with van der Waals surface area (Å²) in [4.78, 5) is 17.9. The van der Waals surface area contributed by atoms with E-state index < -0.39 is 0 Å². The lowest BCUT2D eigenvalue weighted by Crippen LogP contribution is -2.43. The first kappa shape index (κ1) is 25.1. The number of likely N-dealkylation sites (tertiary alicyclic amines) is 1. The molecular formula is C30H38N2O3S. The van der Waals surface area contributed by atoms with Crippen molar-refractivity contribution < 1.29 is 14.3 Å². The van der Waals surface area contributed by atoms with Gasteiger partial charge in [0.1, 0.15) is 0 Å². The van der Waals surface area contributed by atoms with Gasteiger partial charge in [0.25, 0.3) is 0 Å². The van der Waals surface area contributed by atoms with E-state index in [-0.39, 0.29) is 5.91 Å². The minimum absolute atomic E-state index is 0.237. The molecule has 0 bridgehead atoms. The van der Waals surface area contributed by atoms with Gasteiger partial charge in [-0.2, -0.15) is 0 Å². The molecule has 192 valence electrons. The van der Waals surface area contributed by atoms with Crippen LogP contribution in [-0.4, -0.2) is 62.7 Å². The second-order valence-electron chi connectivity index (χ2n) is 10.3. The van der Waals surface area contributed by atoms with E-state index in [1.165, 1.54) is 59.9 Å². The van der Waals surface area contributed by atoms with Gasteiger partial charge in [-0.15, -0.1) is 11.3 Å². The van der Waals surface area contributed by atoms with Gasteiger partial charge in [-0.25, -0.2) is 0 Å². The number of fused-ring (bicyclic) bond motifs is 2. The van der Waals surface area contributed by atoms with Crippen LogP contribution in [-0.2, 0) is 24.1 Å². The Morgan fingerprint density at radius 3 is 2.67 bits per heavy atom. The summed E-state index contributed by atoms with van der Waals surface area (Å²) in [5, 5.41) is 3.77. The number of piperidine rings is 1. The Morgan fingerprint density at radius 2 is 1.83 bits per heavy atom. The summed E-state index contributed by atoms with van der Waals surface area (Å²) < 4.78 is 12.3. The van der Waals surface area contributed by atoms with Gasteiger partial charge in [0, 0.05) is 24.3 Å². The molecule has 36 heavy (non-hydrogen) atoms. The fraction of sp³-hybridized carbons (Fsp3) is 0.500. The third-order valence-electron chi connectivity index (χ3n) is 7.86. The molecule has 0 radical (unpaired) electrons. The highest BCUT2D eigenvalue weighted by atomic mass is 32.1. The van der Waals surface area contributed by atoms with Gasteiger partial charge < -0.3 is 19.3 Å². The van der Waals surface area contributed by atoms with Crippen LogP contribution in [0.2, 0.25) is 0 Å². The lowest BCUT2D eigenvalue weighted by atomic mass is 9.96. The van der Waals surface area contributed by atoms with Crippen molar-refractivity contribution in [2.24, 2.45) is 5.92 Å². The number of rotatable bonds is 9. The molecule has 1 amide bonds. The van der Waals surface area contributed by atoms with Crippen LogP contribution in [0.1, 0.15) is 42.4 Å². The number of benzene rings is 2. The predicted octanol–water partition coefficient (Wildman–Crippen LogP) is 5.58. The molecule has 3 aromatic rings. The Hall–Kier alpha value is -2.57. The summed E-state index contributed by atoms with van der Waals surface area (Å²) >= 11 is 1.86. The summed E-state index contributed by atoms with van der Waals surface area (Å²) in [6.07, 6.45) is 7.40. The van der Waals surface area contributed by atoms with Crippen molar-refractivity contribution in [1.29, 1.82) is 0 Å². The molecule has 2 aliphatic rings. The Labute approximate surface area is 219 Å². The normalized spacial score (nSPS) is 18.8. The quantitative estimate of drug-likeness (QED) is 0.355. The third-order valence-corrected chi connectivity index (χ3v) is 8.88. The van der Waals surface area contributed by atoms with Crippen molar-refractivity contribution in [2.75, 3.05) is 46.9 Å². The molecule has 1 unspecified atom stereocenters. The number of ether oxygens (including phenoxy) is 2. The molecule has 0 saturated carbocycles. The molecule has 1 saturated heterocycles. The minimum atomic E-state index is 0.237. The van der Waals surface area contributed by atoms with Gasteiger partial charge in [-0.1, -0.05) is 18.2 Å². The maximum atomic E-state index is 13.1. The van der Waals surface area contributed by atoms with Crippen LogP contribution >= 0.6 is 11.3 Å². The number of unbranched alkanes of at least 4 members (excludes halogenated alkanes) is 1. The smallest absolute Gasteiger partial charge is 0.227 e. The average Bonchev–Trinajstić information content (AvgIpc) is 3.25. The standard InChI is InChI=1S/C30H38N2O3S/c1-34-27-16-23-12-15-32(30(33)18-25(23)17-28(27)35-2)20-22-8-7-14-31(19-22)13-6-5-9-24-21-36-29-11-4-3-10-26(24)29/h3-4,10-11,16-17,21-22H,5-9,12-15,18-20H2,1-2H3. The number of hydrogen-bond acceptors (Lipinski definition) is 5. The number of methoxy groups -OCH3 is 2. The van der Waals surface area contributed by atoms with Gasteiger partial charge in [0.15, 0.2) is 11.5 Å². The highest BCUT2D eigenvalue weighted by Crippen LogP contribution is 2.33. The van der Waals surface area contributed by atoms with Crippen molar-refractivity contribution in [3.8, 4) is 11.5 Å². The van der Waals surface area contributed by atoms with E-state index in [4.69, 9.17) is 9.47 Å². The molecule has 5 nitrogen and oxygen atoms in total. The lowest BCUT2D eigenvalue weighted by molar-refractivity contribution is -0.131. The third kappa shape index (κ3) is 5.70. The van der Waals surface area contributed by atoms with E-state index in [1.807, 2.05) is 23.5 Å². The zero-order chi connectivity index (χ0) is 24.9. The van der Waals surface area contributed by atoms with E-state index in [1.54, 1.807) is 14.2 Å². The predicted molar refractivity (Wildman–Crippen MR) is 147 cm³/mol. The van der Waals surface area contributed by atoms with Gasteiger partial charge in [0.2, 0.25) is 5.91 Å². The highest BCUT2D eigenvalue weighted by molar-refractivity contribution is 7.17. The number of carbonyl (C=O) groups excluding carboxylic acids is 1. The van der Waals surface area contributed by atoms with Crippen LogP contribution in [0.15, 0.2) is 41.8 Å². The second kappa shape index (κ2) is 11.7. The van der Waals surface area contributed by atoms with Crippen LogP contribution in [0, 0.1) is 5.92 Å². The van der Waals surface area contributed by atoms with E-state index in [0.29, 0.717) is 18.1 Å². The van der Waals surface area contributed by atoms with Crippen molar-refractivity contribution in [3.63, 3.8) is 0 Å². The van der Waals surface area contributed by atoms with Crippen LogP contribution in [0.3, 0.4) is 0 Å². The summed E-state index contributed by atoms with van der Waals surface area (Å²) in [5.74, 6) is 2.25. The molecule has 0 N–H and O–H groups in total. The molecule has 1 atom stereocenters. The molecular weight excluding hydrogens is 468 g/mol. The van der Waals surface area contributed by atoms with Crippen molar-refractivity contribution >= 4 is 27.3 Å². The molecule has 1 fully saturated rings. The maximum Gasteiger partial charge on any atom is 0.227 e. The van der Waals surface area contributed by atoms with Gasteiger partial charge in [0.05, 0.1) is 20.6 Å². The van der Waals surface area contributed by atoms with E-state index in [9.17, 15) is 4.79 Å². The lowest BCUT2D eigenvalue weighted by Gasteiger charge is -2.35. The summed E-state index contributed by atoms with van der Waals surface area (Å²) in [5.41, 5.74) is 3.78. The first-order chi connectivity index (χ1) is 17.6. The number of aryl methyl sites for hydroxylation is 1. The maximum absolute atomic E-state index is 13.1. The molecule has 0 spiro atoms. The van der Waals surface area contributed by atoms with Crippen molar-refractivity contribution in [1.82, 2.24) is 9.80 Å².